The fourth-order valence-corrected chi connectivity index (χ4v) is 2.03. The summed E-state index contributed by atoms with van der Waals surface area (Å²) in [5.74, 6) is -0.428. The molecule has 2 nitrogen and oxygen atoms in total. The Morgan fingerprint density at radius 1 is 1.22 bits per heavy atom. The van der Waals surface area contributed by atoms with Gasteiger partial charge in [-0.25, -0.2) is 9.37 Å². The van der Waals surface area contributed by atoms with E-state index in [9.17, 15) is 4.39 Å². The lowest BCUT2D eigenvalue weighted by molar-refractivity contribution is 0.276. The molecule has 0 saturated heterocycles. The third-order valence-corrected chi connectivity index (χ3v) is 3.46. The van der Waals surface area contributed by atoms with Crippen LogP contribution in [0.4, 0.5) is 4.39 Å². The van der Waals surface area contributed by atoms with E-state index in [1.54, 1.807) is 0 Å². The molecule has 94 valence electrons. The number of hydrogen-bond acceptors (Lipinski definition) is 2. The van der Waals surface area contributed by atoms with Crippen LogP contribution in [0.1, 0.15) is 11.1 Å². The molecule has 1 aromatic heterocycles. The van der Waals surface area contributed by atoms with E-state index in [0.717, 1.165) is 10.0 Å². The standard InChI is InChI=1S/C13H10BrClFNO/c14-11-4-2-1-3-10(11)8-18-13-12(16)9(7-15)5-6-17-13/h1-6H,7-8H2. The number of ether oxygens (including phenoxy) is 1. The summed E-state index contributed by atoms with van der Waals surface area (Å²) in [6, 6.07) is 9.13. The molecule has 5 heteroatoms. The second-order valence-corrected chi connectivity index (χ2v) is 4.72. The first-order chi connectivity index (χ1) is 8.72. The third kappa shape index (κ3) is 3.00. The van der Waals surface area contributed by atoms with E-state index in [0.29, 0.717) is 5.56 Å². The topological polar surface area (TPSA) is 22.1 Å². The molecule has 2 aromatic rings. The van der Waals surface area contributed by atoms with E-state index in [1.165, 1.54) is 12.3 Å². The van der Waals surface area contributed by atoms with Crippen LogP contribution in [0.3, 0.4) is 0 Å². The summed E-state index contributed by atoms with van der Waals surface area (Å²) in [4.78, 5) is 3.86. The Hall–Kier alpha value is -1.13. The van der Waals surface area contributed by atoms with Gasteiger partial charge in [0.25, 0.3) is 5.88 Å². The number of nitrogens with zero attached hydrogens (tertiary/aromatic N) is 1. The fourth-order valence-electron chi connectivity index (χ4n) is 1.43. The molecule has 1 heterocycles. The van der Waals surface area contributed by atoms with Gasteiger partial charge in [-0.15, -0.1) is 11.6 Å². The van der Waals surface area contributed by atoms with Gasteiger partial charge in [-0.05, 0) is 12.1 Å². The van der Waals surface area contributed by atoms with Gasteiger partial charge in [-0.3, -0.25) is 0 Å². The van der Waals surface area contributed by atoms with Crippen LogP contribution in [0.5, 0.6) is 5.88 Å². The van der Waals surface area contributed by atoms with Crippen LogP contribution in [0.2, 0.25) is 0 Å². The van der Waals surface area contributed by atoms with Crippen molar-refractivity contribution in [1.29, 1.82) is 0 Å². The van der Waals surface area contributed by atoms with Gasteiger partial charge in [0, 0.05) is 21.8 Å². The number of alkyl halides is 1. The highest BCUT2D eigenvalue weighted by atomic mass is 79.9. The second kappa shape index (κ2) is 6.16. The summed E-state index contributed by atoms with van der Waals surface area (Å²) >= 11 is 9.02. The van der Waals surface area contributed by atoms with Gasteiger partial charge in [0.15, 0.2) is 5.82 Å². The molecule has 0 aliphatic carbocycles. The zero-order valence-electron chi connectivity index (χ0n) is 9.37. The number of aromatic nitrogens is 1. The lowest BCUT2D eigenvalue weighted by atomic mass is 10.2. The van der Waals surface area contributed by atoms with Crippen molar-refractivity contribution in [3.63, 3.8) is 0 Å². The maximum Gasteiger partial charge on any atom is 0.251 e. The predicted octanol–water partition coefficient (Wildman–Crippen LogP) is 4.30. The van der Waals surface area contributed by atoms with Crippen molar-refractivity contribution in [2.24, 2.45) is 0 Å². The fraction of sp³-hybridized carbons (Fsp3) is 0.154. The molecular weight excluding hydrogens is 321 g/mol. The normalized spacial score (nSPS) is 10.4. The Morgan fingerprint density at radius 2 is 2.00 bits per heavy atom. The second-order valence-electron chi connectivity index (χ2n) is 3.60. The van der Waals surface area contributed by atoms with E-state index < -0.39 is 5.82 Å². The first-order valence-electron chi connectivity index (χ1n) is 5.28. The molecule has 2 rings (SSSR count). The molecule has 0 radical (unpaired) electrons. The van der Waals surface area contributed by atoms with Gasteiger partial charge in [0.1, 0.15) is 6.61 Å². The van der Waals surface area contributed by atoms with Crippen LogP contribution >= 0.6 is 27.5 Å². The Kier molecular flexibility index (Phi) is 4.55. The quantitative estimate of drug-likeness (QED) is 0.780. The van der Waals surface area contributed by atoms with E-state index in [-0.39, 0.29) is 18.4 Å². The first kappa shape index (κ1) is 13.3. The maximum atomic E-state index is 13.8. The Morgan fingerprint density at radius 3 is 2.72 bits per heavy atom. The molecule has 1 aromatic carbocycles. The SMILES string of the molecule is Fc1c(CCl)ccnc1OCc1ccccc1Br. The van der Waals surface area contributed by atoms with Crippen LogP contribution in [-0.2, 0) is 12.5 Å². The summed E-state index contributed by atoms with van der Waals surface area (Å²) in [6.45, 7) is 0.247. The molecule has 0 aliphatic rings. The molecule has 0 aliphatic heterocycles. The molecule has 0 N–H and O–H groups in total. The van der Waals surface area contributed by atoms with Crippen molar-refractivity contribution < 1.29 is 9.13 Å². The van der Waals surface area contributed by atoms with Crippen LogP contribution in [-0.4, -0.2) is 4.98 Å². The van der Waals surface area contributed by atoms with Gasteiger partial charge in [0.2, 0.25) is 0 Å². The minimum atomic E-state index is -0.500. The molecule has 0 atom stereocenters. The van der Waals surface area contributed by atoms with Crippen LogP contribution in [0, 0.1) is 5.82 Å². The summed E-state index contributed by atoms with van der Waals surface area (Å²) in [5, 5.41) is 0. The van der Waals surface area contributed by atoms with Gasteiger partial charge in [-0.2, -0.15) is 0 Å². The highest BCUT2D eigenvalue weighted by Crippen LogP contribution is 2.22. The van der Waals surface area contributed by atoms with Gasteiger partial charge >= 0.3 is 0 Å². The van der Waals surface area contributed by atoms with Gasteiger partial charge in [-0.1, -0.05) is 34.1 Å². The molecule has 0 unspecified atom stereocenters. The molecule has 18 heavy (non-hydrogen) atoms. The lowest BCUT2D eigenvalue weighted by Crippen LogP contribution is -2.01. The number of halogens is 3. The highest BCUT2D eigenvalue weighted by molar-refractivity contribution is 9.10. The van der Waals surface area contributed by atoms with Crippen LogP contribution < -0.4 is 4.74 Å². The zero-order chi connectivity index (χ0) is 13.0. The van der Waals surface area contributed by atoms with Gasteiger partial charge in [0.05, 0.1) is 5.88 Å². The number of benzene rings is 1. The van der Waals surface area contributed by atoms with E-state index in [2.05, 4.69) is 20.9 Å². The Balaban J connectivity index is 2.14. The first-order valence-corrected chi connectivity index (χ1v) is 6.60. The van der Waals surface area contributed by atoms with Crippen molar-refractivity contribution in [1.82, 2.24) is 4.98 Å². The molecule has 0 bridgehead atoms. The van der Waals surface area contributed by atoms with Crippen molar-refractivity contribution in [3.8, 4) is 5.88 Å². The molecule has 0 amide bonds. The number of hydrogen-bond donors (Lipinski definition) is 0. The van der Waals surface area contributed by atoms with Crippen molar-refractivity contribution in [3.05, 3.63) is 57.9 Å². The minimum Gasteiger partial charge on any atom is -0.471 e. The van der Waals surface area contributed by atoms with Gasteiger partial charge < -0.3 is 4.74 Å². The average Bonchev–Trinajstić information content (AvgIpc) is 2.39. The summed E-state index contributed by atoms with van der Waals surface area (Å²) in [7, 11) is 0. The minimum absolute atomic E-state index is 0.0242. The Bertz CT molecular complexity index is 550. The monoisotopic (exact) mass is 329 g/mol. The van der Waals surface area contributed by atoms with E-state index in [4.69, 9.17) is 16.3 Å². The predicted molar refractivity (Wildman–Crippen MR) is 72.2 cm³/mol. The summed E-state index contributed by atoms with van der Waals surface area (Å²) in [5.41, 5.74) is 1.31. The van der Waals surface area contributed by atoms with Crippen molar-refractivity contribution >= 4 is 27.5 Å². The largest absolute Gasteiger partial charge is 0.471 e. The molecule has 0 fully saturated rings. The number of rotatable bonds is 4. The lowest BCUT2D eigenvalue weighted by Gasteiger charge is -2.09. The highest BCUT2D eigenvalue weighted by Gasteiger charge is 2.10. The molecular formula is C13H10BrClFNO. The maximum absolute atomic E-state index is 13.8. The Labute approximate surface area is 118 Å². The van der Waals surface area contributed by atoms with Crippen LogP contribution in [0.15, 0.2) is 41.0 Å². The molecule has 0 spiro atoms. The van der Waals surface area contributed by atoms with E-state index in [1.807, 2.05) is 24.3 Å². The average molecular weight is 331 g/mol. The van der Waals surface area contributed by atoms with Crippen LogP contribution in [0.25, 0.3) is 0 Å². The van der Waals surface area contributed by atoms with Crippen molar-refractivity contribution in [2.75, 3.05) is 0 Å². The zero-order valence-corrected chi connectivity index (χ0v) is 11.7. The van der Waals surface area contributed by atoms with E-state index >= 15 is 0 Å². The smallest absolute Gasteiger partial charge is 0.251 e. The summed E-state index contributed by atoms with van der Waals surface area (Å²) < 4.78 is 20.1. The number of pyridine rings is 1. The third-order valence-electron chi connectivity index (χ3n) is 2.40. The molecule has 0 saturated carbocycles. The summed E-state index contributed by atoms with van der Waals surface area (Å²) in [6.07, 6.45) is 1.48. The van der Waals surface area contributed by atoms with Crippen molar-refractivity contribution in [2.45, 2.75) is 12.5 Å².